The van der Waals surface area contributed by atoms with Gasteiger partial charge in [-0.1, -0.05) is 19.1 Å². The molecule has 0 atom stereocenters. The van der Waals surface area contributed by atoms with Gasteiger partial charge in [0.25, 0.3) is 0 Å². The Morgan fingerprint density at radius 1 is 1.48 bits per heavy atom. The number of halogens is 3. The first-order chi connectivity index (χ1) is 9.70. The fraction of sp³-hybridized carbons (Fsp3) is 0.455. The number of carbonyl (C=O) groups is 1. The summed E-state index contributed by atoms with van der Waals surface area (Å²) >= 11 is 1.33. The van der Waals surface area contributed by atoms with Crippen LogP contribution in [0.2, 0.25) is 0 Å². The van der Waals surface area contributed by atoms with Crippen molar-refractivity contribution in [3.05, 3.63) is 27.5 Å². The summed E-state index contributed by atoms with van der Waals surface area (Å²) in [6.45, 7) is 3.56. The molecule has 0 aliphatic rings. The van der Waals surface area contributed by atoms with Crippen molar-refractivity contribution in [2.24, 2.45) is 0 Å². The molecular weight excluding hydrogens is 309 g/mol. The van der Waals surface area contributed by atoms with Crippen LogP contribution in [-0.4, -0.2) is 31.1 Å². The molecule has 2 aromatic rings. The van der Waals surface area contributed by atoms with Gasteiger partial charge >= 0.3 is 12.1 Å². The third-order valence-electron chi connectivity index (χ3n) is 2.58. The smallest absolute Gasteiger partial charge is 0.435 e. The van der Waals surface area contributed by atoms with Gasteiger partial charge in [0, 0.05) is 11.3 Å². The summed E-state index contributed by atoms with van der Waals surface area (Å²) in [6, 6.07) is 0. The van der Waals surface area contributed by atoms with Gasteiger partial charge in [-0.3, -0.25) is 0 Å². The maximum absolute atomic E-state index is 13.0. The Morgan fingerprint density at radius 3 is 2.62 bits per heavy atom. The summed E-state index contributed by atoms with van der Waals surface area (Å²) < 4.78 is 39.4. The Labute approximate surface area is 121 Å². The second-order valence-electron chi connectivity index (χ2n) is 4.58. The fourth-order valence-electron chi connectivity index (χ4n) is 1.66. The van der Waals surface area contributed by atoms with Crippen molar-refractivity contribution < 1.29 is 23.1 Å². The van der Waals surface area contributed by atoms with Crippen molar-refractivity contribution in [2.45, 2.75) is 32.5 Å². The first-order valence-electron chi connectivity index (χ1n) is 5.88. The predicted molar refractivity (Wildman–Crippen MR) is 67.3 cm³/mol. The lowest BCUT2D eigenvalue weighted by molar-refractivity contribution is -0.144. The lowest BCUT2D eigenvalue weighted by atomic mass is 10.2. The van der Waals surface area contributed by atoms with Gasteiger partial charge < -0.3 is 5.11 Å². The van der Waals surface area contributed by atoms with Crippen LogP contribution in [0, 0.1) is 0 Å². The van der Waals surface area contributed by atoms with E-state index in [2.05, 4.69) is 15.3 Å². The van der Waals surface area contributed by atoms with E-state index in [9.17, 15) is 18.0 Å². The molecule has 21 heavy (non-hydrogen) atoms. The molecule has 0 saturated heterocycles. The predicted octanol–water partition coefficient (Wildman–Crippen LogP) is 2.62. The highest BCUT2D eigenvalue weighted by atomic mass is 32.1. The molecule has 114 valence electrons. The number of aromatic carboxylic acids is 1. The quantitative estimate of drug-likeness (QED) is 0.936. The van der Waals surface area contributed by atoms with E-state index in [1.165, 1.54) is 11.3 Å². The van der Waals surface area contributed by atoms with Crippen molar-refractivity contribution in [1.82, 2.24) is 20.0 Å². The molecule has 2 aromatic heterocycles. The van der Waals surface area contributed by atoms with Gasteiger partial charge in [-0.2, -0.15) is 13.2 Å². The van der Waals surface area contributed by atoms with Gasteiger partial charge in [0.05, 0.1) is 17.2 Å². The van der Waals surface area contributed by atoms with Crippen LogP contribution in [0.1, 0.15) is 46.6 Å². The van der Waals surface area contributed by atoms with Crippen molar-refractivity contribution in [1.29, 1.82) is 0 Å². The standard InChI is InChI=1S/C11H11F3N4O2S/c1-5(2)9-15-6(4-21-9)3-18-8(11(12,13)14)7(10(19)20)16-17-18/h4-5H,3H2,1-2H3,(H,19,20). The van der Waals surface area contributed by atoms with Crippen LogP contribution in [0.4, 0.5) is 13.2 Å². The minimum absolute atomic E-state index is 0.163. The van der Waals surface area contributed by atoms with Crippen molar-refractivity contribution >= 4 is 17.3 Å². The average Bonchev–Trinajstić information content (AvgIpc) is 2.94. The molecule has 0 saturated carbocycles. The van der Waals surface area contributed by atoms with Crippen LogP contribution < -0.4 is 0 Å². The first kappa shape index (κ1) is 15.4. The molecule has 0 bridgehead atoms. The number of nitrogens with zero attached hydrogens (tertiary/aromatic N) is 4. The number of carboxylic acid groups (broad SMARTS) is 1. The van der Waals surface area contributed by atoms with Crippen molar-refractivity contribution in [3.8, 4) is 0 Å². The van der Waals surface area contributed by atoms with E-state index in [0.29, 0.717) is 10.4 Å². The molecule has 0 aliphatic heterocycles. The highest BCUT2D eigenvalue weighted by molar-refractivity contribution is 7.09. The highest BCUT2D eigenvalue weighted by Crippen LogP contribution is 2.31. The van der Waals surface area contributed by atoms with E-state index in [0.717, 1.165) is 5.01 Å². The van der Waals surface area contributed by atoms with E-state index in [-0.39, 0.29) is 12.5 Å². The van der Waals surface area contributed by atoms with Crippen LogP contribution in [0.5, 0.6) is 0 Å². The molecule has 0 aliphatic carbocycles. The van der Waals surface area contributed by atoms with Gasteiger partial charge in [-0.05, 0) is 0 Å². The van der Waals surface area contributed by atoms with Crippen molar-refractivity contribution in [3.63, 3.8) is 0 Å². The molecule has 0 unspecified atom stereocenters. The molecule has 6 nitrogen and oxygen atoms in total. The number of rotatable bonds is 4. The zero-order chi connectivity index (χ0) is 15.8. The number of alkyl halides is 3. The third-order valence-corrected chi connectivity index (χ3v) is 3.78. The first-order valence-corrected chi connectivity index (χ1v) is 6.76. The lowest BCUT2D eigenvalue weighted by Gasteiger charge is -2.08. The highest BCUT2D eigenvalue weighted by Gasteiger charge is 2.41. The van der Waals surface area contributed by atoms with E-state index in [4.69, 9.17) is 5.11 Å². The second-order valence-corrected chi connectivity index (χ2v) is 5.47. The Morgan fingerprint density at radius 2 is 2.14 bits per heavy atom. The summed E-state index contributed by atoms with van der Waals surface area (Å²) in [5.74, 6) is -1.61. The maximum Gasteiger partial charge on any atom is 0.435 e. The Hall–Kier alpha value is -1.97. The lowest BCUT2D eigenvalue weighted by Crippen LogP contribution is -2.19. The van der Waals surface area contributed by atoms with Gasteiger partial charge in [0.2, 0.25) is 5.69 Å². The minimum Gasteiger partial charge on any atom is -0.476 e. The molecule has 0 aromatic carbocycles. The zero-order valence-electron chi connectivity index (χ0n) is 11.0. The van der Waals surface area contributed by atoms with E-state index in [1.54, 1.807) is 5.38 Å². The largest absolute Gasteiger partial charge is 0.476 e. The zero-order valence-corrected chi connectivity index (χ0v) is 11.9. The van der Waals surface area contributed by atoms with Crippen molar-refractivity contribution in [2.75, 3.05) is 0 Å². The molecule has 0 radical (unpaired) electrons. The Kier molecular flexibility index (Phi) is 3.99. The molecule has 2 rings (SSSR count). The minimum atomic E-state index is -4.85. The van der Waals surface area contributed by atoms with E-state index >= 15 is 0 Å². The third kappa shape index (κ3) is 3.20. The SMILES string of the molecule is CC(C)c1nc(Cn2nnc(C(=O)O)c2C(F)(F)F)cs1. The number of thiazole rings is 1. The molecule has 0 spiro atoms. The fourth-order valence-corrected chi connectivity index (χ4v) is 2.49. The number of hydrogen-bond acceptors (Lipinski definition) is 5. The topological polar surface area (TPSA) is 80.9 Å². The number of hydrogen-bond donors (Lipinski definition) is 1. The summed E-state index contributed by atoms with van der Waals surface area (Å²) in [4.78, 5) is 15.0. The summed E-state index contributed by atoms with van der Waals surface area (Å²) in [6.07, 6.45) is -4.85. The normalized spacial score (nSPS) is 12.1. The average molecular weight is 320 g/mol. The molecule has 0 amide bonds. The van der Waals surface area contributed by atoms with Gasteiger partial charge in [-0.15, -0.1) is 16.4 Å². The van der Waals surface area contributed by atoms with Gasteiger partial charge in [-0.25, -0.2) is 14.5 Å². The Balaban J connectivity index is 2.37. The van der Waals surface area contributed by atoms with Crippen LogP contribution in [-0.2, 0) is 12.7 Å². The molecule has 1 N–H and O–H groups in total. The summed E-state index contributed by atoms with van der Waals surface area (Å²) in [5, 5.41) is 17.5. The van der Waals surface area contributed by atoms with Gasteiger partial charge in [0.15, 0.2) is 5.69 Å². The van der Waals surface area contributed by atoms with E-state index in [1.807, 2.05) is 13.8 Å². The molecular formula is C11H11F3N4O2S. The maximum atomic E-state index is 13.0. The number of aromatic nitrogens is 4. The van der Waals surface area contributed by atoms with Crippen LogP contribution >= 0.6 is 11.3 Å². The van der Waals surface area contributed by atoms with Crippen LogP contribution in [0.3, 0.4) is 0 Å². The molecule has 2 heterocycles. The monoisotopic (exact) mass is 320 g/mol. The molecule has 10 heteroatoms. The summed E-state index contributed by atoms with van der Waals surface area (Å²) in [7, 11) is 0. The van der Waals surface area contributed by atoms with Crippen LogP contribution in [0.25, 0.3) is 0 Å². The molecule has 0 fully saturated rings. The van der Waals surface area contributed by atoms with Gasteiger partial charge in [0.1, 0.15) is 0 Å². The van der Waals surface area contributed by atoms with Crippen LogP contribution in [0.15, 0.2) is 5.38 Å². The summed E-state index contributed by atoms with van der Waals surface area (Å²) in [5.41, 5.74) is -2.10. The Bertz CT molecular complexity index is 663. The second kappa shape index (κ2) is 5.43. The van der Waals surface area contributed by atoms with E-state index < -0.39 is 23.5 Å². The number of carboxylic acids is 1.